The number of aromatic nitrogens is 4. The van der Waals surface area contributed by atoms with E-state index in [0.717, 1.165) is 55.5 Å². The van der Waals surface area contributed by atoms with Gasteiger partial charge in [0.2, 0.25) is 11.8 Å². The second-order valence-corrected chi connectivity index (χ2v) is 12.6. The maximum atomic E-state index is 13.2. The maximum absolute atomic E-state index is 13.2. The van der Waals surface area contributed by atoms with Crippen molar-refractivity contribution < 1.29 is 13.2 Å². The number of benzene rings is 2. The molecule has 2 aromatic heterocycles. The van der Waals surface area contributed by atoms with Gasteiger partial charge >= 0.3 is 0 Å². The lowest BCUT2D eigenvalue weighted by atomic mass is 9.90. The quantitative estimate of drug-likeness (QED) is 0.306. The first kappa shape index (κ1) is 26.5. The number of hydrogen-bond acceptors (Lipinski definition) is 7. The van der Waals surface area contributed by atoms with Gasteiger partial charge in [0.05, 0.1) is 11.9 Å². The Balaban J connectivity index is 1.38. The van der Waals surface area contributed by atoms with Gasteiger partial charge in [-0.2, -0.15) is 10.1 Å². The summed E-state index contributed by atoms with van der Waals surface area (Å²) < 4.78 is 36.7. The van der Waals surface area contributed by atoms with Crippen LogP contribution in [0, 0.1) is 6.92 Å². The van der Waals surface area contributed by atoms with Crippen molar-refractivity contribution in [3.63, 3.8) is 0 Å². The molecule has 0 bridgehead atoms. The summed E-state index contributed by atoms with van der Waals surface area (Å²) in [6.07, 6.45) is 7.05. The number of nitrogens with zero attached hydrogens (tertiary/aromatic N) is 5. The van der Waals surface area contributed by atoms with E-state index in [1.165, 1.54) is 22.6 Å². The minimum atomic E-state index is -3.95. The molecule has 2 aromatic carbocycles. The summed E-state index contributed by atoms with van der Waals surface area (Å²) in [4.78, 5) is 11.8. The number of anilines is 1. The normalized spacial score (nSPS) is 16.7. The van der Waals surface area contributed by atoms with Crippen molar-refractivity contribution in [2.75, 3.05) is 24.9 Å². The Morgan fingerprint density at radius 2 is 1.65 bits per heavy atom. The molecular weight excluding hydrogens is 524 g/mol. The molecule has 0 radical (unpaired) electrons. The minimum Gasteiger partial charge on any atom is -0.439 e. The first-order chi connectivity index (χ1) is 19.3. The molecule has 4 aromatic rings. The van der Waals surface area contributed by atoms with Crippen molar-refractivity contribution in [3.05, 3.63) is 77.6 Å². The van der Waals surface area contributed by atoms with E-state index >= 15 is 0 Å². The Morgan fingerprint density at radius 3 is 2.30 bits per heavy atom. The zero-order valence-corrected chi connectivity index (χ0v) is 23.9. The number of likely N-dealkylation sites (tertiary alicyclic amines) is 1. The summed E-state index contributed by atoms with van der Waals surface area (Å²) in [5, 5.41) is 3.99. The fourth-order valence-electron chi connectivity index (χ4n) is 5.33. The lowest BCUT2D eigenvalue weighted by Crippen LogP contribution is -2.29. The van der Waals surface area contributed by atoms with E-state index in [2.05, 4.69) is 38.9 Å². The topological polar surface area (TPSA) is 102 Å². The molecule has 3 heterocycles. The highest BCUT2D eigenvalue weighted by Gasteiger charge is 2.34. The number of hydrogen-bond donors (Lipinski definition) is 1. The highest BCUT2D eigenvalue weighted by molar-refractivity contribution is 7.92. The molecule has 40 heavy (non-hydrogen) atoms. The Hall–Kier alpha value is -3.76. The highest BCUT2D eigenvalue weighted by Crippen LogP contribution is 2.49. The molecule has 1 saturated carbocycles. The molecule has 1 N–H and O–H groups in total. The maximum Gasteiger partial charge on any atom is 0.267 e. The Kier molecular flexibility index (Phi) is 7.06. The Labute approximate surface area is 235 Å². The smallest absolute Gasteiger partial charge is 0.267 e. The van der Waals surface area contributed by atoms with Crippen LogP contribution in [0.4, 0.5) is 5.95 Å². The molecule has 1 aliphatic heterocycles. The summed E-state index contributed by atoms with van der Waals surface area (Å²) in [7, 11) is -0.112. The van der Waals surface area contributed by atoms with E-state index in [0.29, 0.717) is 23.2 Å². The summed E-state index contributed by atoms with van der Waals surface area (Å²) in [6.45, 7) is 4.23. The third kappa shape index (κ3) is 5.59. The standard InChI is InChI=1S/C30H34N6O3S/c1-20-6-4-5-7-26(20)28-27(23-8-9-23)29(33-30(32-28)34-40(37,38)25-18-31-36(3)19-25)39-24-12-10-21(11-13-24)22-14-16-35(2)17-15-22/h4-7,10-13,18-19,22-23H,8-9,14-17H2,1-3H3,(H,32,33,34). The fraction of sp³-hybridized carbons (Fsp3) is 0.367. The third-order valence-corrected chi connectivity index (χ3v) is 9.08. The minimum absolute atomic E-state index is 0.0364. The van der Waals surface area contributed by atoms with Gasteiger partial charge in [-0.15, -0.1) is 0 Å². The van der Waals surface area contributed by atoms with Crippen LogP contribution in [0.25, 0.3) is 11.3 Å². The van der Waals surface area contributed by atoms with E-state index < -0.39 is 10.0 Å². The van der Waals surface area contributed by atoms with Gasteiger partial charge in [0.25, 0.3) is 10.0 Å². The van der Waals surface area contributed by atoms with Crippen LogP contribution >= 0.6 is 0 Å². The van der Waals surface area contributed by atoms with Crippen molar-refractivity contribution in [2.24, 2.45) is 7.05 Å². The Bertz CT molecular complexity index is 1620. The second kappa shape index (κ2) is 10.7. The number of sulfonamides is 1. The lowest BCUT2D eigenvalue weighted by Gasteiger charge is -2.29. The van der Waals surface area contributed by atoms with Gasteiger partial charge in [0, 0.05) is 24.4 Å². The third-order valence-electron chi connectivity index (χ3n) is 7.80. The van der Waals surface area contributed by atoms with Crippen LogP contribution < -0.4 is 9.46 Å². The predicted octanol–water partition coefficient (Wildman–Crippen LogP) is 5.47. The van der Waals surface area contributed by atoms with Crippen LogP contribution in [0.15, 0.2) is 65.8 Å². The first-order valence-corrected chi connectivity index (χ1v) is 15.2. The van der Waals surface area contributed by atoms with E-state index in [1.54, 1.807) is 7.05 Å². The van der Waals surface area contributed by atoms with Crippen LogP contribution in [-0.4, -0.2) is 53.2 Å². The lowest BCUT2D eigenvalue weighted by molar-refractivity contribution is 0.255. The number of nitrogens with one attached hydrogen (secondary N) is 1. The summed E-state index contributed by atoms with van der Waals surface area (Å²) in [5.74, 6) is 1.81. The van der Waals surface area contributed by atoms with Gasteiger partial charge in [0.1, 0.15) is 10.6 Å². The Morgan fingerprint density at radius 1 is 0.925 bits per heavy atom. The molecule has 2 fully saturated rings. The SMILES string of the molecule is Cc1ccccc1-c1nc(NS(=O)(=O)c2cnn(C)c2)nc(Oc2ccc(C3CCN(C)CC3)cc2)c1C1CC1. The van der Waals surface area contributed by atoms with Crippen LogP contribution in [-0.2, 0) is 17.1 Å². The fourth-order valence-corrected chi connectivity index (χ4v) is 6.26. The molecule has 0 atom stereocenters. The van der Waals surface area contributed by atoms with E-state index in [-0.39, 0.29) is 16.8 Å². The molecular formula is C30H34N6O3S. The van der Waals surface area contributed by atoms with Gasteiger partial charge in [-0.25, -0.2) is 18.1 Å². The number of piperidine rings is 1. The summed E-state index contributed by atoms with van der Waals surface area (Å²) >= 11 is 0. The first-order valence-electron chi connectivity index (χ1n) is 13.7. The molecule has 2 aliphatic rings. The monoisotopic (exact) mass is 558 g/mol. The zero-order valence-electron chi connectivity index (χ0n) is 23.0. The van der Waals surface area contributed by atoms with Gasteiger partial charge < -0.3 is 9.64 Å². The molecule has 0 unspecified atom stereocenters. The van der Waals surface area contributed by atoms with Crippen LogP contribution in [0.5, 0.6) is 11.6 Å². The van der Waals surface area contributed by atoms with Crippen molar-refractivity contribution in [1.29, 1.82) is 0 Å². The highest BCUT2D eigenvalue weighted by atomic mass is 32.2. The van der Waals surface area contributed by atoms with Crippen molar-refractivity contribution in [2.45, 2.75) is 49.3 Å². The summed E-state index contributed by atoms with van der Waals surface area (Å²) in [6, 6.07) is 16.2. The van der Waals surface area contributed by atoms with Crippen LogP contribution in [0.1, 0.15) is 54.2 Å². The van der Waals surface area contributed by atoms with Crippen LogP contribution in [0.3, 0.4) is 0 Å². The molecule has 1 aliphatic carbocycles. The van der Waals surface area contributed by atoms with Crippen molar-refractivity contribution in [1.82, 2.24) is 24.6 Å². The van der Waals surface area contributed by atoms with E-state index in [4.69, 9.17) is 9.72 Å². The molecule has 0 spiro atoms. The molecule has 9 nitrogen and oxygen atoms in total. The van der Waals surface area contributed by atoms with Gasteiger partial charge in [-0.05, 0) is 87.8 Å². The van der Waals surface area contributed by atoms with Gasteiger partial charge in [0.15, 0.2) is 0 Å². The van der Waals surface area contributed by atoms with Crippen molar-refractivity contribution >= 4 is 16.0 Å². The van der Waals surface area contributed by atoms with E-state index in [1.807, 2.05) is 43.3 Å². The largest absolute Gasteiger partial charge is 0.439 e. The van der Waals surface area contributed by atoms with E-state index in [9.17, 15) is 8.42 Å². The van der Waals surface area contributed by atoms with Crippen molar-refractivity contribution in [3.8, 4) is 22.9 Å². The predicted molar refractivity (Wildman–Crippen MR) is 154 cm³/mol. The molecule has 0 amide bonds. The average Bonchev–Trinajstić information content (AvgIpc) is 3.67. The van der Waals surface area contributed by atoms with Crippen LogP contribution in [0.2, 0.25) is 0 Å². The number of ether oxygens (including phenoxy) is 1. The summed E-state index contributed by atoms with van der Waals surface area (Å²) in [5.41, 5.74) is 4.89. The molecule has 1 saturated heterocycles. The zero-order chi connectivity index (χ0) is 27.9. The molecule has 10 heteroatoms. The second-order valence-electron chi connectivity index (χ2n) is 10.9. The molecule has 208 valence electrons. The van der Waals surface area contributed by atoms with Gasteiger partial charge in [-0.1, -0.05) is 36.4 Å². The number of rotatable bonds is 8. The molecule has 6 rings (SSSR count). The average molecular weight is 559 g/mol. The van der Waals surface area contributed by atoms with Gasteiger partial charge in [-0.3, -0.25) is 4.68 Å². The number of aryl methyl sites for hydroxylation is 2.